The number of hydrogen-bond donors (Lipinski definition) is 2. The van der Waals surface area contributed by atoms with Gasteiger partial charge in [0, 0.05) is 6.04 Å². The Morgan fingerprint density at radius 2 is 2.07 bits per heavy atom. The van der Waals surface area contributed by atoms with Crippen molar-refractivity contribution in [3.63, 3.8) is 0 Å². The number of rotatable bonds is 2. The van der Waals surface area contributed by atoms with Gasteiger partial charge in [-0.25, -0.2) is 0 Å². The van der Waals surface area contributed by atoms with Crippen LogP contribution in [-0.2, 0) is 4.79 Å². The molecule has 1 rings (SSSR count). The number of likely N-dealkylation sites (N-methyl/N-ethyl adjacent to an activating group) is 1. The number of halogens is 3. The monoisotopic (exact) mass is 225 g/mol. The molecule has 1 aliphatic carbocycles. The number of carbonyl (C=O) groups is 1. The Morgan fingerprint density at radius 1 is 1.47 bits per heavy atom. The molecule has 0 spiro atoms. The lowest BCUT2D eigenvalue weighted by Crippen LogP contribution is -2.60. The summed E-state index contributed by atoms with van der Waals surface area (Å²) in [5, 5.41) is 12.4. The van der Waals surface area contributed by atoms with Crippen LogP contribution in [0.3, 0.4) is 0 Å². The molecule has 0 aromatic carbocycles. The summed E-state index contributed by atoms with van der Waals surface area (Å²) in [6.07, 6.45) is -3.55. The van der Waals surface area contributed by atoms with Gasteiger partial charge in [0.1, 0.15) is 5.60 Å². The molecule has 1 fully saturated rings. The van der Waals surface area contributed by atoms with Crippen LogP contribution in [0.1, 0.15) is 25.7 Å². The lowest BCUT2D eigenvalue weighted by atomic mass is 9.77. The van der Waals surface area contributed by atoms with Crippen molar-refractivity contribution >= 4 is 5.78 Å². The highest BCUT2D eigenvalue weighted by molar-refractivity contribution is 5.92. The molecule has 0 aromatic heterocycles. The van der Waals surface area contributed by atoms with Crippen LogP contribution in [-0.4, -0.2) is 35.8 Å². The fraction of sp³-hybridized carbons (Fsp3) is 0.889. The molecule has 0 saturated heterocycles. The molecule has 0 aliphatic heterocycles. The van der Waals surface area contributed by atoms with E-state index in [4.69, 9.17) is 0 Å². The molecule has 0 bridgehead atoms. The first-order valence-corrected chi connectivity index (χ1v) is 4.83. The summed E-state index contributed by atoms with van der Waals surface area (Å²) in [4.78, 5) is 11.1. The number of carbonyl (C=O) groups excluding carboxylic acids is 1. The smallest absolute Gasteiger partial charge is 0.380 e. The van der Waals surface area contributed by atoms with Gasteiger partial charge < -0.3 is 10.4 Å². The van der Waals surface area contributed by atoms with Crippen molar-refractivity contribution in [2.45, 2.75) is 43.5 Å². The zero-order valence-corrected chi connectivity index (χ0v) is 8.40. The third-order valence-corrected chi connectivity index (χ3v) is 2.88. The summed E-state index contributed by atoms with van der Waals surface area (Å²) in [5.74, 6) is -2.03. The van der Waals surface area contributed by atoms with Gasteiger partial charge in [-0.05, 0) is 26.3 Å². The third kappa shape index (κ3) is 2.31. The summed E-state index contributed by atoms with van der Waals surface area (Å²) in [5.41, 5.74) is -2.29. The van der Waals surface area contributed by atoms with Gasteiger partial charge in [-0.3, -0.25) is 4.79 Å². The van der Waals surface area contributed by atoms with Crippen LogP contribution in [0.15, 0.2) is 0 Å². The van der Waals surface area contributed by atoms with Crippen LogP contribution in [0.25, 0.3) is 0 Å². The molecular formula is C9H14F3NO2. The second kappa shape index (κ2) is 4.09. The fourth-order valence-electron chi connectivity index (χ4n) is 2.06. The predicted octanol–water partition coefficient (Wildman–Crippen LogP) is 1.01. The standard InChI is InChI=1S/C9H14F3NO2/c1-13-6-4-2-3-5-8(6,15)7(14)9(10,11)12/h6,13,15H,2-5H2,1H3. The molecule has 2 atom stereocenters. The molecular weight excluding hydrogens is 211 g/mol. The van der Waals surface area contributed by atoms with E-state index in [1.165, 1.54) is 7.05 Å². The van der Waals surface area contributed by atoms with Gasteiger partial charge in [0.2, 0.25) is 0 Å². The Kier molecular flexibility index (Phi) is 3.40. The van der Waals surface area contributed by atoms with E-state index in [1.54, 1.807) is 0 Å². The Morgan fingerprint density at radius 3 is 2.53 bits per heavy atom. The Hall–Kier alpha value is -0.620. The van der Waals surface area contributed by atoms with Crippen molar-refractivity contribution in [3.05, 3.63) is 0 Å². The molecule has 0 amide bonds. The molecule has 88 valence electrons. The topological polar surface area (TPSA) is 49.3 Å². The SMILES string of the molecule is CNC1CCCCC1(O)C(=O)C(F)(F)F. The summed E-state index contributed by atoms with van der Waals surface area (Å²) >= 11 is 0. The summed E-state index contributed by atoms with van der Waals surface area (Å²) in [6, 6.07) is -0.805. The molecule has 1 aliphatic rings. The fourth-order valence-corrected chi connectivity index (χ4v) is 2.06. The van der Waals surface area contributed by atoms with Crippen molar-refractivity contribution < 1.29 is 23.1 Å². The zero-order chi connectivity index (χ0) is 11.7. The average molecular weight is 225 g/mol. The van der Waals surface area contributed by atoms with Gasteiger partial charge >= 0.3 is 6.18 Å². The Labute approximate surface area is 85.7 Å². The van der Waals surface area contributed by atoms with Crippen LogP contribution in [0.2, 0.25) is 0 Å². The number of nitrogens with one attached hydrogen (secondary N) is 1. The normalized spacial score (nSPS) is 32.7. The van der Waals surface area contributed by atoms with Gasteiger partial charge in [0.15, 0.2) is 0 Å². The van der Waals surface area contributed by atoms with Crippen molar-refractivity contribution in [1.82, 2.24) is 5.32 Å². The first-order chi connectivity index (χ1) is 6.82. The molecule has 15 heavy (non-hydrogen) atoms. The van der Waals surface area contributed by atoms with Gasteiger partial charge in [0.25, 0.3) is 5.78 Å². The van der Waals surface area contributed by atoms with Gasteiger partial charge in [-0.1, -0.05) is 6.42 Å². The Balaban J connectivity index is 2.91. The number of hydrogen-bond acceptors (Lipinski definition) is 3. The van der Waals surface area contributed by atoms with E-state index in [-0.39, 0.29) is 6.42 Å². The van der Waals surface area contributed by atoms with E-state index >= 15 is 0 Å². The number of Topliss-reactive ketones (excluding diaryl/α,β-unsaturated/α-hetero) is 1. The molecule has 0 aromatic rings. The minimum Gasteiger partial charge on any atom is -0.380 e. The molecule has 1 saturated carbocycles. The van der Waals surface area contributed by atoms with Crippen molar-refractivity contribution in [1.29, 1.82) is 0 Å². The van der Waals surface area contributed by atoms with E-state index in [1.807, 2.05) is 0 Å². The lowest BCUT2D eigenvalue weighted by Gasteiger charge is -2.38. The first-order valence-electron chi connectivity index (χ1n) is 4.83. The number of aliphatic hydroxyl groups is 1. The predicted molar refractivity (Wildman–Crippen MR) is 47.3 cm³/mol. The molecule has 2 N–H and O–H groups in total. The molecule has 6 heteroatoms. The molecule has 2 unspecified atom stereocenters. The molecule has 0 radical (unpaired) electrons. The second-order valence-corrected chi connectivity index (χ2v) is 3.84. The molecule has 0 heterocycles. The summed E-state index contributed by atoms with van der Waals surface area (Å²) in [6.45, 7) is 0. The van der Waals surface area contributed by atoms with Crippen molar-refractivity contribution in [2.75, 3.05) is 7.05 Å². The van der Waals surface area contributed by atoms with E-state index < -0.39 is 23.6 Å². The van der Waals surface area contributed by atoms with Crippen LogP contribution >= 0.6 is 0 Å². The van der Waals surface area contributed by atoms with Crippen LogP contribution < -0.4 is 5.32 Å². The lowest BCUT2D eigenvalue weighted by molar-refractivity contribution is -0.195. The minimum atomic E-state index is -4.97. The maximum atomic E-state index is 12.3. The van der Waals surface area contributed by atoms with Gasteiger partial charge in [-0.2, -0.15) is 13.2 Å². The van der Waals surface area contributed by atoms with Crippen LogP contribution in [0, 0.1) is 0 Å². The van der Waals surface area contributed by atoms with E-state index in [0.717, 1.165) is 6.42 Å². The number of ketones is 1. The summed E-state index contributed by atoms with van der Waals surface area (Å²) < 4.78 is 36.8. The van der Waals surface area contributed by atoms with Crippen molar-refractivity contribution in [2.24, 2.45) is 0 Å². The van der Waals surface area contributed by atoms with Crippen LogP contribution in [0.4, 0.5) is 13.2 Å². The van der Waals surface area contributed by atoms with Crippen LogP contribution in [0.5, 0.6) is 0 Å². The zero-order valence-electron chi connectivity index (χ0n) is 8.40. The second-order valence-electron chi connectivity index (χ2n) is 3.84. The largest absolute Gasteiger partial charge is 0.453 e. The highest BCUT2D eigenvalue weighted by atomic mass is 19.4. The highest BCUT2D eigenvalue weighted by Crippen LogP contribution is 2.34. The van der Waals surface area contributed by atoms with Gasteiger partial charge in [-0.15, -0.1) is 0 Å². The van der Waals surface area contributed by atoms with E-state index in [9.17, 15) is 23.1 Å². The average Bonchev–Trinajstić information content (AvgIpc) is 2.16. The Bertz CT molecular complexity index is 254. The number of alkyl halides is 3. The van der Waals surface area contributed by atoms with E-state index in [2.05, 4.69) is 5.32 Å². The highest BCUT2D eigenvalue weighted by Gasteiger charge is 2.55. The molecule has 3 nitrogen and oxygen atoms in total. The maximum Gasteiger partial charge on any atom is 0.453 e. The van der Waals surface area contributed by atoms with Crippen molar-refractivity contribution in [3.8, 4) is 0 Å². The minimum absolute atomic E-state index is 0.128. The quantitative estimate of drug-likeness (QED) is 0.737. The first kappa shape index (κ1) is 12.4. The third-order valence-electron chi connectivity index (χ3n) is 2.88. The van der Waals surface area contributed by atoms with E-state index in [0.29, 0.717) is 12.8 Å². The van der Waals surface area contributed by atoms with Gasteiger partial charge in [0.05, 0.1) is 0 Å². The summed E-state index contributed by atoms with van der Waals surface area (Å²) in [7, 11) is 1.45. The maximum absolute atomic E-state index is 12.3.